The molecule has 0 saturated carbocycles. The number of anilines is 1. The van der Waals surface area contributed by atoms with Crippen molar-refractivity contribution in [3.63, 3.8) is 0 Å². The van der Waals surface area contributed by atoms with E-state index in [1.165, 1.54) is 24.5 Å². The molecule has 0 radical (unpaired) electrons. The largest absolute Gasteiger partial charge is 0.306 e. The highest BCUT2D eigenvalue weighted by Crippen LogP contribution is 2.17. The number of carbonyl (C=O) groups excluding carboxylic acids is 1. The van der Waals surface area contributed by atoms with Crippen LogP contribution in [0.25, 0.3) is 16.7 Å². The van der Waals surface area contributed by atoms with E-state index < -0.39 is 11.3 Å². The normalized spacial score (nSPS) is 10.7. The molecule has 3 aromatic heterocycles. The van der Waals surface area contributed by atoms with Gasteiger partial charge in [-0.1, -0.05) is 6.07 Å². The first-order valence-electron chi connectivity index (χ1n) is 8.12. The maximum Gasteiger partial charge on any atom is 0.262 e. The molecule has 0 aliphatic heterocycles. The summed E-state index contributed by atoms with van der Waals surface area (Å²) in [6.07, 6.45) is 4.50. The summed E-state index contributed by atoms with van der Waals surface area (Å²) >= 11 is 0. The van der Waals surface area contributed by atoms with Gasteiger partial charge in [0.2, 0.25) is 5.43 Å². The highest BCUT2D eigenvalue weighted by atomic mass is 19.1. The number of fused-ring (bicyclic) bond motifs is 1. The number of aromatic nitrogens is 3. The fraction of sp³-hybridized carbons (Fsp3) is 0. The van der Waals surface area contributed by atoms with Crippen LogP contribution in [-0.2, 0) is 0 Å². The van der Waals surface area contributed by atoms with Gasteiger partial charge in [0, 0.05) is 24.3 Å². The number of hydrogen-bond donors (Lipinski definition) is 1. The molecule has 0 atom stereocenters. The minimum absolute atomic E-state index is 0.0644. The lowest BCUT2D eigenvalue weighted by atomic mass is 10.1. The second-order valence-corrected chi connectivity index (χ2v) is 5.76. The molecular weight excluding hydrogens is 347 g/mol. The van der Waals surface area contributed by atoms with E-state index in [1.54, 1.807) is 53.2 Å². The summed E-state index contributed by atoms with van der Waals surface area (Å²) < 4.78 is 14.9. The molecule has 27 heavy (non-hydrogen) atoms. The van der Waals surface area contributed by atoms with Gasteiger partial charge < -0.3 is 9.88 Å². The number of nitrogens with zero attached hydrogens (tertiary/aromatic N) is 3. The molecule has 132 valence electrons. The van der Waals surface area contributed by atoms with Gasteiger partial charge in [0.05, 0.1) is 5.39 Å². The van der Waals surface area contributed by atoms with Gasteiger partial charge in [-0.15, -0.1) is 0 Å². The second-order valence-electron chi connectivity index (χ2n) is 5.76. The molecule has 0 saturated heterocycles. The molecule has 0 unspecified atom stereocenters. The Hall–Kier alpha value is -3.87. The predicted molar refractivity (Wildman–Crippen MR) is 99.5 cm³/mol. The van der Waals surface area contributed by atoms with Crippen LogP contribution in [0, 0.1) is 5.82 Å². The number of nitrogens with one attached hydrogen (secondary N) is 1. The molecular formula is C20H13FN4O2. The number of rotatable bonds is 3. The lowest BCUT2D eigenvalue weighted by molar-refractivity contribution is 0.102. The highest BCUT2D eigenvalue weighted by molar-refractivity contribution is 6.05. The average Bonchev–Trinajstić information content (AvgIpc) is 2.70. The third-order valence-electron chi connectivity index (χ3n) is 4.02. The van der Waals surface area contributed by atoms with Crippen molar-refractivity contribution in [1.82, 2.24) is 14.5 Å². The molecule has 0 fully saturated rings. The Labute approximate surface area is 152 Å². The summed E-state index contributed by atoms with van der Waals surface area (Å²) in [5, 5.41) is 2.90. The summed E-state index contributed by atoms with van der Waals surface area (Å²) in [5.41, 5.74) is 0.450. The maximum atomic E-state index is 13.3. The summed E-state index contributed by atoms with van der Waals surface area (Å²) in [6.45, 7) is 0. The van der Waals surface area contributed by atoms with Crippen molar-refractivity contribution in [2.75, 3.05) is 5.32 Å². The minimum atomic E-state index is -0.583. The number of amides is 1. The van der Waals surface area contributed by atoms with E-state index >= 15 is 0 Å². The number of hydrogen-bond acceptors (Lipinski definition) is 4. The predicted octanol–water partition coefficient (Wildman–Crippen LogP) is 3.17. The van der Waals surface area contributed by atoms with Crippen molar-refractivity contribution in [3.8, 4) is 5.69 Å². The molecule has 1 aromatic carbocycles. The smallest absolute Gasteiger partial charge is 0.262 e. The molecule has 1 N–H and O–H groups in total. The number of pyridine rings is 3. The third kappa shape index (κ3) is 3.18. The van der Waals surface area contributed by atoms with Crippen LogP contribution in [0.15, 0.2) is 78.0 Å². The number of halogens is 1. The molecule has 1 amide bonds. The Balaban J connectivity index is 1.88. The zero-order valence-electron chi connectivity index (χ0n) is 14.0. The van der Waals surface area contributed by atoms with Gasteiger partial charge in [0.15, 0.2) is 0 Å². The van der Waals surface area contributed by atoms with E-state index in [9.17, 15) is 14.0 Å². The zero-order valence-corrected chi connectivity index (χ0v) is 14.0. The summed E-state index contributed by atoms with van der Waals surface area (Å²) in [4.78, 5) is 33.8. The second kappa shape index (κ2) is 6.80. The van der Waals surface area contributed by atoms with Crippen molar-refractivity contribution < 1.29 is 9.18 Å². The number of benzene rings is 1. The van der Waals surface area contributed by atoms with Crippen LogP contribution in [0.2, 0.25) is 0 Å². The number of carbonyl (C=O) groups is 1. The van der Waals surface area contributed by atoms with Crippen molar-refractivity contribution in [2.24, 2.45) is 0 Å². The van der Waals surface area contributed by atoms with Gasteiger partial charge >= 0.3 is 0 Å². The van der Waals surface area contributed by atoms with E-state index in [-0.39, 0.29) is 16.8 Å². The van der Waals surface area contributed by atoms with Crippen LogP contribution in [0.3, 0.4) is 0 Å². The summed E-state index contributed by atoms with van der Waals surface area (Å²) in [6, 6.07) is 14.0. The van der Waals surface area contributed by atoms with Gasteiger partial charge in [-0.25, -0.2) is 14.4 Å². The summed E-state index contributed by atoms with van der Waals surface area (Å²) in [5.74, 6) is -0.632. The first-order valence-corrected chi connectivity index (χ1v) is 8.12. The van der Waals surface area contributed by atoms with E-state index in [0.717, 1.165) is 0 Å². The van der Waals surface area contributed by atoms with Crippen LogP contribution < -0.4 is 10.7 Å². The van der Waals surface area contributed by atoms with Crippen LogP contribution in [0.4, 0.5) is 10.2 Å². The fourth-order valence-electron chi connectivity index (χ4n) is 2.74. The quantitative estimate of drug-likeness (QED) is 0.609. The van der Waals surface area contributed by atoms with Crippen molar-refractivity contribution >= 4 is 22.8 Å². The Bertz CT molecular complexity index is 1190. The molecule has 0 spiro atoms. The van der Waals surface area contributed by atoms with Gasteiger partial charge in [0.25, 0.3) is 5.91 Å². The highest BCUT2D eigenvalue weighted by Gasteiger charge is 2.17. The average molecular weight is 360 g/mol. The molecule has 4 rings (SSSR count). The van der Waals surface area contributed by atoms with Crippen LogP contribution >= 0.6 is 0 Å². The summed E-state index contributed by atoms with van der Waals surface area (Å²) in [7, 11) is 0. The van der Waals surface area contributed by atoms with E-state index in [2.05, 4.69) is 15.3 Å². The SMILES string of the molecule is O=C(Nc1ccccn1)c1cn(-c2ccc(F)cc2)c2ncccc2c1=O. The van der Waals surface area contributed by atoms with Gasteiger partial charge in [-0.2, -0.15) is 0 Å². The molecule has 3 heterocycles. The third-order valence-corrected chi connectivity index (χ3v) is 4.02. The van der Waals surface area contributed by atoms with Crippen LogP contribution in [-0.4, -0.2) is 20.4 Å². The Morgan fingerprint density at radius 1 is 0.963 bits per heavy atom. The standard InChI is InChI=1S/C20H13FN4O2/c21-13-6-8-14(9-7-13)25-12-16(18(26)15-4-3-11-23-19(15)25)20(27)24-17-5-1-2-10-22-17/h1-12H,(H,22,24,27). The van der Waals surface area contributed by atoms with Gasteiger partial charge in [0.1, 0.15) is 22.8 Å². The van der Waals surface area contributed by atoms with Crippen molar-refractivity contribution in [2.45, 2.75) is 0 Å². The fourth-order valence-corrected chi connectivity index (χ4v) is 2.74. The molecule has 6 nitrogen and oxygen atoms in total. The lowest BCUT2D eigenvalue weighted by Crippen LogP contribution is -2.24. The van der Waals surface area contributed by atoms with Crippen LogP contribution in [0.5, 0.6) is 0 Å². The Morgan fingerprint density at radius 3 is 2.48 bits per heavy atom. The van der Waals surface area contributed by atoms with Gasteiger partial charge in [-0.05, 0) is 48.5 Å². The first kappa shape index (κ1) is 16.6. The Kier molecular flexibility index (Phi) is 4.18. The van der Waals surface area contributed by atoms with E-state index in [0.29, 0.717) is 17.2 Å². The molecule has 7 heteroatoms. The molecule has 0 bridgehead atoms. The zero-order chi connectivity index (χ0) is 18.8. The topological polar surface area (TPSA) is 76.9 Å². The van der Waals surface area contributed by atoms with E-state index in [4.69, 9.17) is 0 Å². The van der Waals surface area contributed by atoms with Crippen molar-refractivity contribution in [3.05, 3.63) is 94.8 Å². The maximum absolute atomic E-state index is 13.3. The van der Waals surface area contributed by atoms with Crippen molar-refractivity contribution in [1.29, 1.82) is 0 Å². The lowest BCUT2D eigenvalue weighted by Gasteiger charge is -2.12. The van der Waals surface area contributed by atoms with E-state index in [1.807, 2.05) is 0 Å². The monoisotopic (exact) mass is 360 g/mol. The van der Waals surface area contributed by atoms with Gasteiger partial charge in [-0.3, -0.25) is 9.59 Å². The minimum Gasteiger partial charge on any atom is -0.306 e. The molecule has 0 aliphatic rings. The molecule has 4 aromatic rings. The molecule has 0 aliphatic carbocycles. The first-order chi connectivity index (χ1) is 13.1. The Morgan fingerprint density at radius 2 is 1.74 bits per heavy atom. The van der Waals surface area contributed by atoms with Crippen LogP contribution in [0.1, 0.15) is 10.4 Å².